The van der Waals surface area contributed by atoms with E-state index in [0.29, 0.717) is 0 Å². The Labute approximate surface area is 130 Å². The lowest BCUT2D eigenvalue weighted by atomic mass is 9.79. The molecule has 1 aromatic rings. The van der Waals surface area contributed by atoms with Gasteiger partial charge in [0, 0.05) is 18.6 Å². The van der Waals surface area contributed by atoms with Crippen molar-refractivity contribution >= 4 is 0 Å². The minimum absolute atomic E-state index is 0.233. The van der Waals surface area contributed by atoms with E-state index in [1.54, 1.807) is 0 Å². The quantitative estimate of drug-likeness (QED) is 0.884. The number of hydrogen-bond acceptors (Lipinski definition) is 2. The highest BCUT2D eigenvalue weighted by atomic mass is 15.2. The van der Waals surface area contributed by atoms with Crippen LogP contribution in [0.2, 0.25) is 0 Å². The van der Waals surface area contributed by atoms with Crippen LogP contribution in [0.25, 0.3) is 0 Å². The predicted octanol–water partition coefficient (Wildman–Crippen LogP) is 4.10. The zero-order valence-corrected chi connectivity index (χ0v) is 14.3. The van der Waals surface area contributed by atoms with Gasteiger partial charge in [0.15, 0.2) is 0 Å². The Morgan fingerprint density at radius 2 is 1.62 bits per heavy atom. The summed E-state index contributed by atoms with van der Waals surface area (Å²) in [6.07, 6.45) is 6.57. The zero-order valence-electron chi connectivity index (χ0n) is 14.3. The van der Waals surface area contributed by atoms with E-state index >= 15 is 0 Å². The van der Waals surface area contributed by atoms with Crippen LogP contribution < -0.4 is 5.73 Å². The Morgan fingerprint density at radius 3 is 2.10 bits per heavy atom. The second kappa shape index (κ2) is 6.93. The molecule has 0 radical (unpaired) electrons. The van der Waals surface area contributed by atoms with E-state index in [-0.39, 0.29) is 5.54 Å². The third-order valence-corrected chi connectivity index (χ3v) is 5.41. The molecule has 1 aromatic carbocycles. The average molecular weight is 288 g/mol. The van der Waals surface area contributed by atoms with Gasteiger partial charge < -0.3 is 5.73 Å². The molecule has 1 aliphatic carbocycles. The van der Waals surface area contributed by atoms with Gasteiger partial charge in [0.1, 0.15) is 0 Å². The molecule has 118 valence electrons. The highest BCUT2D eigenvalue weighted by molar-refractivity contribution is 5.37. The lowest BCUT2D eigenvalue weighted by Gasteiger charge is -2.46. The van der Waals surface area contributed by atoms with E-state index in [1.165, 1.54) is 54.4 Å². The van der Waals surface area contributed by atoms with Crippen molar-refractivity contribution in [3.05, 3.63) is 34.4 Å². The molecule has 0 saturated heterocycles. The number of nitrogens with two attached hydrogens (primary N) is 1. The van der Waals surface area contributed by atoms with E-state index in [2.05, 4.69) is 44.7 Å². The Hall–Kier alpha value is -0.860. The monoisotopic (exact) mass is 288 g/mol. The number of hydrogen-bond donors (Lipinski definition) is 1. The Bertz CT molecular complexity index is 449. The Balaban J connectivity index is 2.26. The van der Waals surface area contributed by atoms with Crippen molar-refractivity contribution in [2.45, 2.75) is 71.9 Å². The SMILES string of the molecule is CCN(Cc1c(C)cc(C)cc1C)C1(CN)CCCCC1. The molecular formula is C19H32N2. The van der Waals surface area contributed by atoms with Crippen molar-refractivity contribution in [3.63, 3.8) is 0 Å². The zero-order chi connectivity index (χ0) is 15.5. The predicted molar refractivity (Wildman–Crippen MR) is 91.6 cm³/mol. The first-order valence-electron chi connectivity index (χ1n) is 8.54. The van der Waals surface area contributed by atoms with Crippen LogP contribution in [0.3, 0.4) is 0 Å². The fourth-order valence-corrected chi connectivity index (χ4v) is 4.12. The Kier molecular flexibility index (Phi) is 5.45. The lowest BCUT2D eigenvalue weighted by molar-refractivity contribution is 0.0543. The van der Waals surface area contributed by atoms with Crippen LogP contribution in [-0.4, -0.2) is 23.5 Å². The summed E-state index contributed by atoms with van der Waals surface area (Å²) in [5, 5.41) is 0. The number of rotatable bonds is 5. The molecule has 0 unspecified atom stereocenters. The highest BCUT2D eigenvalue weighted by Crippen LogP contribution is 2.34. The van der Waals surface area contributed by atoms with Crippen molar-refractivity contribution < 1.29 is 0 Å². The van der Waals surface area contributed by atoms with Crippen LogP contribution in [0.5, 0.6) is 0 Å². The van der Waals surface area contributed by atoms with Crippen LogP contribution >= 0.6 is 0 Å². The van der Waals surface area contributed by atoms with Gasteiger partial charge >= 0.3 is 0 Å². The topological polar surface area (TPSA) is 29.3 Å². The van der Waals surface area contributed by atoms with Gasteiger partial charge in [-0.2, -0.15) is 0 Å². The van der Waals surface area contributed by atoms with Gasteiger partial charge in [0.25, 0.3) is 0 Å². The molecule has 0 atom stereocenters. The number of benzene rings is 1. The van der Waals surface area contributed by atoms with Gasteiger partial charge in [-0.25, -0.2) is 0 Å². The van der Waals surface area contributed by atoms with Crippen molar-refractivity contribution in [1.82, 2.24) is 4.90 Å². The summed E-state index contributed by atoms with van der Waals surface area (Å²) in [5.74, 6) is 0. The summed E-state index contributed by atoms with van der Waals surface area (Å²) >= 11 is 0. The molecule has 0 bridgehead atoms. The van der Waals surface area contributed by atoms with E-state index in [1.807, 2.05) is 0 Å². The standard InChI is InChI=1S/C19H32N2/c1-5-21(19(14-20)9-7-6-8-10-19)13-18-16(3)11-15(2)12-17(18)4/h11-12H,5-10,13-14,20H2,1-4H3. The van der Waals surface area contributed by atoms with Gasteiger partial charge in [0.2, 0.25) is 0 Å². The third kappa shape index (κ3) is 3.49. The second-order valence-electron chi connectivity index (χ2n) is 6.88. The van der Waals surface area contributed by atoms with Crippen molar-refractivity contribution in [1.29, 1.82) is 0 Å². The molecule has 0 spiro atoms. The van der Waals surface area contributed by atoms with Crippen molar-refractivity contribution in [2.24, 2.45) is 5.73 Å². The molecule has 1 aliphatic rings. The van der Waals surface area contributed by atoms with Gasteiger partial charge in [-0.3, -0.25) is 4.90 Å². The maximum absolute atomic E-state index is 6.23. The number of likely N-dealkylation sites (N-methyl/N-ethyl adjacent to an activating group) is 1. The van der Waals surface area contributed by atoms with E-state index < -0.39 is 0 Å². The molecular weight excluding hydrogens is 256 g/mol. The van der Waals surface area contributed by atoms with Crippen LogP contribution in [0.4, 0.5) is 0 Å². The van der Waals surface area contributed by atoms with Gasteiger partial charge in [0.05, 0.1) is 0 Å². The minimum atomic E-state index is 0.233. The van der Waals surface area contributed by atoms with E-state index in [9.17, 15) is 0 Å². The smallest absolute Gasteiger partial charge is 0.0335 e. The van der Waals surface area contributed by atoms with Crippen LogP contribution in [0.1, 0.15) is 61.3 Å². The average Bonchev–Trinajstić information content (AvgIpc) is 2.47. The van der Waals surface area contributed by atoms with E-state index in [0.717, 1.165) is 19.6 Å². The first-order valence-corrected chi connectivity index (χ1v) is 8.54. The lowest BCUT2D eigenvalue weighted by Crippen LogP contribution is -2.54. The summed E-state index contributed by atoms with van der Waals surface area (Å²) in [6.45, 7) is 11.9. The fraction of sp³-hybridized carbons (Fsp3) is 0.684. The molecule has 2 N–H and O–H groups in total. The summed E-state index contributed by atoms with van der Waals surface area (Å²) in [4.78, 5) is 2.65. The summed E-state index contributed by atoms with van der Waals surface area (Å²) in [6, 6.07) is 4.62. The first kappa shape index (κ1) is 16.5. The largest absolute Gasteiger partial charge is 0.329 e. The maximum Gasteiger partial charge on any atom is 0.0335 e. The normalized spacial score (nSPS) is 18.2. The van der Waals surface area contributed by atoms with Crippen LogP contribution in [0.15, 0.2) is 12.1 Å². The second-order valence-corrected chi connectivity index (χ2v) is 6.88. The minimum Gasteiger partial charge on any atom is -0.329 e. The first-order chi connectivity index (χ1) is 10.0. The van der Waals surface area contributed by atoms with Crippen LogP contribution in [-0.2, 0) is 6.54 Å². The number of aryl methyl sites for hydroxylation is 3. The molecule has 0 amide bonds. The molecule has 21 heavy (non-hydrogen) atoms. The fourth-order valence-electron chi connectivity index (χ4n) is 4.12. The Morgan fingerprint density at radius 1 is 1.05 bits per heavy atom. The molecule has 2 heteroatoms. The molecule has 1 saturated carbocycles. The molecule has 2 rings (SSSR count). The maximum atomic E-state index is 6.23. The van der Waals surface area contributed by atoms with Gasteiger partial charge in [-0.1, -0.05) is 43.9 Å². The van der Waals surface area contributed by atoms with Crippen molar-refractivity contribution in [2.75, 3.05) is 13.1 Å². The van der Waals surface area contributed by atoms with Gasteiger partial charge in [-0.05, 0) is 56.8 Å². The molecule has 2 nitrogen and oxygen atoms in total. The van der Waals surface area contributed by atoms with Crippen molar-refractivity contribution in [3.8, 4) is 0 Å². The summed E-state index contributed by atoms with van der Waals surface area (Å²) in [5.41, 5.74) is 12.2. The van der Waals surface area contributed by atoms with E-state index in [4.69, 9.17) is 5.73 Å². The molecule has 0 aromatic heterocycles. The molecule has 0 aliphatic heterocycles. The van der Waals surface area contributed by atoms with Crippen LogP contribution in [0, 0.1) is 20.8 Å². The summed E-state index contributed by atoms with van der Waals surface area (Å²) in [7, 11) is 0. The number of nitrogens with zero attached hydrogens (tertiary/aromatic N) is 1. The van der Waals surface area contributed by atoms with Gasteiger partial charge in [-0.15, -0.1) is 0 Å². The molecule has 1 fully saturated rings. The molecule has 0 heterocycles. The summed E-state index contributed by atoms with van der Waals surface area (Å²) < 4.78 is 0. The third-order valence-electron chi connectivity index (χ3n) is 5.41. The highest BCUT2D eigenvalue weighted by Gasteiger charge is 2.36.